The van der Waals surface area contributed by atoms with Crippen LogP contribution in [0.2, 0.25) is 0 Å². The van der Waals surface area contributed by atoms with Crippen molar-refractivity contribution < 1.29 is 4.79 Å². The SMILES string of the molecule is Cc1ccccc1NC(=O)c1cnc(N(C)C)cn1. The van der Waals surface area contributed by atoms with E-state index in [1.807, 2.05) is 50.2 Å². The van der Waals surface area contributed by atoms with Crippen LogP contribution in [0.1, 0.15) is 16.1 Å². The Kier molecular flexibility index (Phi) is 3.75. The van der Waals surface area contributed by atoms with E-state index in [1.165, 1.54) is 6.20 Å². The first-order valence-corrected chi connectivity index (χ1v) is 5.94. The van der Waals surface area contributed by atoms with E-state index >= 15 is 0 Å². The molecule has 0 aliphatic carbocycles. The van der Waals surface area contributed by atoms with Crippen molar-refractivity contribution >= 4 is 17.4 Å². The second-order valence-electron chi connectivity index (χ2n) is 4.42. The van der Waals surface area contributed by atoms with E-state index < -0.39 is 0 Å². The number of benzene rings is 1. The second-order valence-corrected chi connectivity index (χ2v) is 4.42. The lowest BCUT2D eigenvalue weighted by Gasteiger charge is -2.11. The van der Waals surface area contributed by atoms with Crippen LogP contribution in [0.5, 0.6) is 0 Å². The van der Waals surface area contributed by atoms with Crippen molar-refractivity contribution in [3.05, 3.63) is 47.9 Å². The Balaban J connectivity index is 2.14. The lowest BCUT2D eigenvalue weighted by molar-refractivity contribution is 0.102. The minimum absolute atomic E-state index is 0.257. The fourth-order valence-electron chi connectivity index (χ4n) is 1.57. The van der Waals surface area contributed by atoms with Gasteiger partial charge >= 0.3 is 0 Å². The number of anilines is 2. The molecule has 19 heavy (non-hydrogen) atoms. The van der Waals surface area contributed by atoms with E-state index in [0.717, 1.165) is 11.3 Å². The average Bonchev–Trinajstić information content (AvgIpc) is 2.41. The summed E-state index contributed by atoms with van der Waals surface area (Å²) in [4.78, 5) is 22.1. The van der Waals surface area contributed by atoms with Gasteiger partial charge in [0.25, 0.3) is 5.91 Å². The van der Waals surface area contributed by atoms with E-state index in [4.69, 9.17) is 0 Å². The number of hydrogen-bond donors (Lipinski definition) is 1. The van der Waals surface area contributed by atoms with Gasteiger partial charge in [-0.05, 0) is 18.6 Å². The molecule has 0 radical (unpaired) electrons. The Bertz CT molecular complexity index is 578. The van der Waals surface area contributed by atoms with Crippen LogP contribution in [-0.2, 0) is 0 Å². The van der Waals surface area contributed by atoms with Gasteiger partial charge in [0.05, 0.1) is 12.4 Å². The summed E-state index contributed by atoms with van der Waals surface area (Å²) in [7, 11) is 3.74. The summed E-state index contributed by atoms with van der Waals surface area (Å²) >= 11 is 0. The maximum atomic E-state index is 12.0. The summed E-state index contributed by atoms with van der Waals surface area (Å²) in [5, 5.41) is 2.82. The molecule has 0 spiro atoms. The predicted octanol–water partition coefficient (Wildman–Crippen LogP) is 2.10. The number of nitrogens with zero attached hydrogens (tertiary/aromatic N) is 3. The monoisotopic (exact) mass is 256 g/mol. The lowest BCUT2D eigenvalue weighted by atomic mass is 10.2. The molecule has 0 fully saturated rings. The molecule has 1 aromatic carbocycles. The molecule has 0 bridgehead atoms. The van der Waals surface area contributed by atoms with E-state index in [2.05, 4.69) is 15.3 Å². The first-order chi connectivity index (χ1) is 9.08. The minimum Gasteiger partial charge on any atom is -0.361 e. The molecule has 0 saturated heterocycles. The molecule has 0 unspecified atom stereocenters. The van der Waals surface area contributed by atoms with E-state index in [0.29, 0.717) is 11.5 Å². The third-order valence-corrected chi connectivity index (χ3v) is 2.72. The predicted molar refractivity (Wildman–Crippen MR) is 75.5 cm³/mol. The van der Waals surface area contributed by atoms with Crippen LogP contribution in [0.15, 0.2) is 36.7 Å². The van der Waals surface area contributed by atoms with Gasteiger partial charge in [0.2, 0.25) is 0 Å². The quantitative estimate of drug-likeness (QED) is 0.913. The third-order valence-electron chi connectivity index (χ3n) is 2.72. The number of carbonyl (C=O) groups is 1. The van der Waals surface area contributed by atoms with E-state index in [-0.39, 0.29) is 5.91 Å². The molecular weight excluding hydrogens is 240 g/mol. The molecule has 0 atom stereocenters. The zero-order valence-electron chi connectivity index (χ0n) is 11.2. The summed E-state index contributed by atoms with van der Waals surface area (Å²) < 4.78 is 0. The molecule has 1 aromatic heterocycles. The molecule has 0 saturated carbocycles. The molecule has 1 N–H and O–H groups in total. The van der Waals surface area contributed by atoms with Crippen LogP contribution < -0.4 is 10.2 Å². The molecule has 0 aliphatic heterocycles. The zero-order chi connectivity index (χ0) is 13.8. The highest BCUT2D eigenvalue weighted by atomic mass is 16.1. The number of amides is 1. The topological polar surface area (TPSA) is 58.1 Å². The summed E-state index contributed by atoms with van der Waals surface area (Å²) in [5.41, 5.74) is 2.09. The highest BCUT2D eigenvalue weighted by Gasteiger charge is 2.09. The van der Waals surface area contributed by atoms with Gasteiger partial charge < -0.3 is 10.2 Å². The summed E-state index contributed by atoms with van der Waals surface area (Å²) in [5.74, 6) is 0.458. The molecule has 1 amide bonds. The molecule has 2 rings (SSSR count). The Labute approximate surface area is 112 Å². The zero-order valence-corrected chi connectivity index (χ0v) is 11.2. The highest BCUT2D eigenvalue weighted by molar-refractivity contribution is 6.03. The van der Waals surface area contributed by atoms with Crippen LogP contribution >= 0.6 is 0 Å². The normalized spacial score (nSPS) is 10.1. The number of para-hydroxylation sites is 1. The second kappa shape index (κ2) is 5.48. The van der Waals surface area contributed by atoms with Gasteiger partial charge in [-0.1, -0.05) is 18.2 Å². The minimum atomic E-state index is -0.257. The van der Waals surface area contributed by atoms with Crippen LogP contribution in [-0.4, -0.2) is 30.0 Å². The van der Waals surface area contributed by atoms with Gasteiger partial charge in [-0.25, -0.2) is 9.97 Å². The Morgan fingerprint density at radius 2 is 1.89 bits per heavy atom. The van der Waals surface area contributed by atoms with Gasteiger partial charge in [0.15, 0.2) is 0 Å². The molecule has 1 heterocycles. The Morgan fingerprint density at radius 3 is 2.47 bits per heavy atom. The molecule has 0 aliphatic rings. The lowest BCUT2D eigenvalue weighted by Crippen LogP contribution is -2.16. The first-order valence-electron chi connectivity index (χ1n) is 5.94. The fraction of sp³-hybridized carbons (Fsp3) is 0.214. The average molecular weight is 256 g/mol. The molecule has 2 aromatic rings. The number of hydrogen-bond acceptors (Lipinski definition) is 4. The van der Waals surface area contributed by atoms with Gasteiger partial charge in [-0.3, -0.25) is 4.79 Å². The first kappa shape index (κ1) is 13.0. The van der Waals surface area contributed by atoms with E-state index in [9.17, 15) is 4.79 Å². The molecule has 98 valence electrons. The Hall–Kier alpha value is -2.43. The number of aryl methyl sites for hydroxylation is 1. The molecule has 5 heteroatoms. The molecule has 5 nitrogen and oxygen atoms in total. The van der Waals surface area contributed by atoms with Gasteiger partial charge in [0.1, 0.15) is 11.5 Å². The standard InChI is InChI=1S/C14H16N4O/c1-10-6-4-5-7-11(10)17-14(19)12-8-16-13(9-15-12)18(2)3/h4-9H,1-3H3,(H,17,19). The summed E-state index contributed by atoms with van der Waals surface area (Å²) in [6.45, 7) is 1.94. The number of carbonyl (C=O) groups excluding carboxylic acids is 1. The largest absolute Gasteiger partial charge is 0.361 e. The van der Waals surface area contributed by atoms with E-state index in [1.54, 1.807) is 6.20 Å². The fourth-order valence-corrected chi connectivity index (χ4v) is 1.57. The van der Waals surface area contributed by atoms with Crippen LogP contribution in [0.25, 0.3) is 0 Å². The van der Waals surface area contributed by atoms with Crippen LogP contribution in [0.4, 0.5) is 11.5 Å². The van der Waals surface area contributed by atoms with Crippen molar-refractivity contribution in [1.29, 1.82) is 0 Å². The maximum Gasteiger partial charge on any atom is 0.275 e. The van der Waals surface area contributed by atoms with Crippen molar-refractivity contribution in [1.82, 2.24) is 9.97 Å². The van der Waals surface area contributed by atoms with Crippen molar-refractivity contribution in [3.8, 4) is 0 Å². The summed E-state index contributed by atoms with van der Waals surface area (Å²) in [6.07, 6.45) is 3.05. The molecular formula is C14H16N4O. The van der Waals surface area contributed by atoms with Crippen molar-refractivity contribution in [2.45, 2.75) is 6.92 Å². The Morgan fingerprint density at radius 1 is 1.16 bits per heavy atom. The van der Waals surface area contributed by atoms with Crippen molar-refractivity contribution in [2.75, 3.05) is 24.3 Å². The van der Waals surface area contributed by atoms with Crippen molar-refractivity contribution in [3.63, 3.8) is 0 Å². The number of nitrogens with one attached hydrogen (secondary N) is 1. The maximum absolute atomic E-state index is 12.0. The van der Waals surface area contributed by atoms with Crippen LogP contribution in [0.3, 0.4) is 0 Å². The van der Waals surface area contributed by atoms with Gasteiger partial charge in [-0.15, -0.1) is 0 Å². The van der Waals surface area contributed by atoms with Gasteiger partial charge in [-0.2, -0.15) is 0 Å². The summed E-state index contributed by atoms with van der Waals surface area (Å²) in [6, 6.07) is 7.60. The van der Waals surface area contributed by atoms with Gasteiger partial charge in [0, 0.05) is 19.8 Å². The van der Waals surface area contributed by atoms with Crippen LogP contribution in [0, 0.1) is 6.92 Å². The highest BCUT2D eigenvalue weighted by Crippen LogP contribution is 2.14. The third kappa shape index (κ3) is 3.07. The van der Waals surface area contributed by atoms with Crippen molar-refractivity contribution in [2.24, 2.45) is 0 Å². The number of rotatable bonds is 3. The number of aromatic nitrogens is 2. The smallest absolute Gasteiger partial charge is 0.275 e.